The molecule has 0 aliphatic carbocycles. The monoisotopic (exact) mass is 494 g/mol. The zero-order valence-corrected chi connectivity index (χ0v) is 19.8. The van der Waals surface area contributed by atoms with E-state index < -0.39 is 15.9 Å². The van der Waals surface area contributed by atoms with Crippen LogP contribution >= 0.6 is 11.6 Å². The molecule has 9 heteroatoms. The average molecular weight is 495 g/mol. The van der Waals surface area contributed by atoms with Crippen LogP contribution in [0.3, 0.4) is 0 Å². The Morgan fingerprint density at radius 3 is 2.38 bits per heavy atom. The number of hydrogen-bond acceptors (Lipinski definition) is 4. The van der Waals surface area contributed by atoms with Crippen LogP contribution < -0.4 is 10.0 Å². The van der Waals surface area contributed by atoms with E-state index in [-0.39, 0.29) is 28.6 Å². The Labute approximate surface area is 203 Å². The number of amides is 1. The van der Waals surface area contributed by atoms with Crippen LogP contribution in [-0.2, 0) is 29.7 Å². The van der Waals surface area contributed by atoms with Gasteiger partial charge in [0, 0.05) is 31.0 Å². The van der Waals surface area contributed by atoms with Crippen LogP contribution in [-0.4, -0.2) is 24.1 Å². The van der Waals surface area contributed by atoms with Crippen LogP contribution in [0.25, 0.3) is 0 Å². The standard InChI is InChI=1S/C25H23ClN4O3S/c26-23-12-11-20(15-24(23)34(32,33)29-16-19-7-2-1-3-8-19)25(31)27-17-21-9-4-5-10-22(21)18-30-14-6-13-28-30/h1-15,29H,16-18H2,(H,27,31). The first kappa shape index (κ1) is 23.7. The van der Waals surface area contributed by atoms with Crippen LogP contribution in [0.15, 0.2) is 96.2 Å². The van der Waals surface area contributed by atoms with Crippen molar-refractivity contribution in [3.63, 3.8) is 0 Å². The maximum Gasteiger partial charge on any atom is 0.251 e. The Bertz CT molecular complexity index is 1370. The highest BCUT2D eigenvalue weighted by Crippen LogP contribution is 2.23. The molecule has 0 spiro atoms. The Morgan fingerprint density at radius 1 is 0.912 bits per heavy atom. The number of halogens is 1. The van der Waals surface area contributed by atoms with Gasteiger partial charge in [-0.05, 0) is 41.0 Å². The third-order valence-corrected chi connectivity index (χ3v) is 7.12. The van der Waals surface area contributed by atoms with E-state index in [9.17, 15) is 13.2 Å². The number of nitrogens with zero attached hydrogens (tertiary/aromatic N) is 2. The summed E-state index contributed by atoms with van der Waals surface area (Å²) in [6.45, 7) is 0.978. The number of aromatic nitrogens is 2. The van der Waals surface area contributed by atoms with Gasteiger partial charge in [-0.15, -0.1) is 0 Å². The first-order valence-corrected chi connectivity index (χ1v) is 12.4. The summed E-state index contributed by atoms with van der Waals surface area (Å²) in [5.74, 6) is -0.398. The predicted octanol–water partition coefficient (Wildman–Crippen LogP) is 3.99. The molecule has 2 N–H and O–H groups in total. The fourth-order valence-electron chi connectivity index (χ4n) is 3.43. The normalized spacial score (nSPS) is 11.3. The number of sulfonamides is 1. The third kappa shape index (κ3) is 5.91. The van der Waals surface area contributed by atoms with Gasteiger partial charge in [0.25, 0.3) is 5.91 Å². The zero-order chi connectivity index (χ0) is 24.0. The third-order valence-electron chi connectivity index (χ3n) is 5.24. The molecule has 174 valence electrons. The van der Waals surface area contributed by atoms with Gasteiger partial charge in [-0.2, -0.15) is 5.10 Å². The number of nitrogens with one attached hydrogen (secondary N) is 2. The lowest BCUT2D eigenvalue weighted by atomic mass is 10.1. The largest absolute Gasteiger partial charge is 0.348 e. The topological polar surface area (TPSA) is 93.1 Å². The van der Waals surface area contributed by atoms with Crippen LogP contribution in [0.4, 0.5) is 0 Å². The van der Waals surface area contributed by atoms with Crippen molar-refractivity contribution in [3.05, 3.63) is 119 Å². The molecule has 0 fully saturated rings. The number of carbonyl (C=O) groups excluding carboxylic acids is 1. The second-order valence-corrected chi connectivity index (χ2v) is 9.75. The molecule has 4 rings (SSSR count). The lowest BCUT2D eigenvalue weighted by Crippen LogP contribution is -2.26. The molecule has 3 aromatic carbocycles. The molecule has 0 radical (unpaired) electrons. The second-order valence-electron chi connectivity index (χ2n) is 7.61. The van der Waals surface area contributed by atoms with Crippen molar-refractivity contribution in [1.29, 1.82) is 0 Å². The van der Waals surface area contributed by atoms with Gasteiger partial charge in [0.15, 0.2) is 0 Å². The molecule has 0 aliphatic heterocycles. The molecule has 1 amide bonds. The smallest absolute Gasteiger partial charge is 0.251 e. The summed E-state index contributed by atoms with van der Waals surface area (Å²) in [5.41, 5.74) is 2.98. The molecule has 0 atom stereocenters. The van der Waals surface area contributed by atoms with Crippen molar-refractivity contribution in [2.75, 3.05) is 0 Å². The van der Waals surface area contributed by atoms with E-state index >= 15 is 0 Å². The van der Waals surface area contributed by atoms with Gasteiger partial charge < -0.3 is 5.32 Å². The molecule has 34 heavy (non-hydrogen) atoms. The van der Waals surface area contributed by atoms with Gasteiger partial charge in [0.1, 0.15) is 4.90 Å². The number of carbonyl (C=O) groups is 1. The minimum atomic E-state index is -3.92. The van der Waals surface area contributed by atoms with Crippen molar-refractivity contribution in [3.8, 4) is 0 Å². The Morgan fingerprint density at radius 2 is 1.65 bits per heavy atom. The molecule has 0 saturated heterocycles. The molecule has 0 saturated carbocycles. The van der Waals surface area contributed by atoms with Crippen LogP contribution in [0, 0.1) is 0 Å². The van der Waals surface area contributed by atoms with Crippen LogP contribution in [0.1, 0.15) is 27.0 Å². The maximum atomic E-state index is 12.8. The van der Waals surface area contributed by atoms with E-state index in [0.717, 1.165) is 16.7 Å². The fourth-order valence-corrected chi connectivity index (χ4v) is 4.97. The van der Waals surface area contributed by atoms with E-state index in [1.165, 1.54) is 18.2 Å². The van der Waals surface area contributed by atoms with E-state index in [1.54, 1.807) is 10.9 Å². The van der Waals surface area contributed by atoms with Gasteiger partial charge in [0.2, 0.25) is 10.0 Å². The molecule has 0 unspecified atom stereocenters. The molecule has 1 aromatic heterocycles. The van der Waals surface area contributed by atoms with Crippen molar-refractivity contribution < 1.29 is 13.2 Å². The van der Waals surface area contributed by atoms with Crippen LogP contribution in [0.2, 0.25) is 5.02 Å². The van der Waals surface area contributed by atoms with Crippen molar-refractivity contribution in [2.45, 2.75) is 24.5 Å². The minimum absolute atomic E-state index is 0.0432. The Balaban J connectivity index is 1.46. The maximum absolute atomic E-state index is 12.8. The minimum Gasteiger partial charge on any atom is -0.348 e. The molecular weight excluding hydrogens is 472 g/mol. The highest BCUT2D eigenvalue weighted by molar-refractivity contribution is 7.89. The lowest BCUT2D eigenvalue weighted by molar-refractivity contribution is 0.0950. The molecule has 4 aromatic rings. The number of hydrogen-bond donors (Lipinski definition) is 2. The lowest BCUT2D eigenvalue weighted by Gasteiger charge is -2.13. The number of rotatable bonds is 9. The summed E-state index contributed by atoms with van der Waals surface area (Å²) in [6.07, 6.45) is 3.59. The van der Waals surface area contributed by atoms with Crippen molar-refractivity contribution in [2.24, 2.45) is 0 Å². The SMILES string of the molecule is O=C(NCc1ccccc1Cn1cccn1)c1ccc(Cl)c(S(=O)(=O)NCc2ccccc2)c1. The Kier molecular flexibility index (Phi) is 7.42. The van der Waals surface area contributed by atoms with Crippen molar-refractivity contribution in [1.82, 2.24) is 19.8 Å². The second kappa shape index (κ2) is 10.6. The van der Waals surface area contributed by atoms with Crippen molar-refractivity contribution >= 4 is 27.5 Å². The van der Waals surface area contributed by atoms with Gasteiger partial charge >= 0.3 is 0 Å². The quantitative estimate of drug-likeness (QED) is 0.368. The highest BCUT2D eigenvalue weighted by atomic mass is 35.5. The van der Waals surface area contributed by atoms with Crippen LogP contribution in [0.5, 0.6) is 0 Å². The molecule has 0 aliphatic rings. The van der Waals surface area contributed by atoms with E-state index in [2.05, 4.69) is 15.1 Å². The predicted molar refractivity (Wildman–Crippen MR) is 131 cm³/mol. The highest BCUT2D eigenvalue weighted by Gasteiger charge is 2.20. The molecular formula is C25H23ClN4O3S. The van der Waals surface area contributed by atoms with Gasteiger partial charge in [-0.3, -0.25) is 9.48 Å². The zero-order valence-electron chi connectivity index (χ0n) is 18.2. The molecule has 0 bridgehead atoms. The summed E-state index contributed by atoms with van der Waals surface area (Å²) < 4.78 is 30.0. The summed E-state index contributed by atoms with van der Waals surface area (Å²) in [7, 11) is -3.92. The summed E-state index contributed by atoms with van der Waals surface area (Å²) in [4.78, 5) is 12.7. The fraction of sp³-hybridized carbons (Fsp3) is 0.120. The molecule has 7 nitrogen and oxygen atoms in total. The van der Waals surface area contributed by atoms with Gasteiger partial charge in [-0.25, -0.2) is 13.1 Å². The summed E-state index contributed by atoms with van der Waals surface area (Å²) in [6, 6.07) is 23.0. The van der Waals surface area contributed by atoms with E-state index in [1.807, 2.05) is 66.9 Å². The van der Waals surface area contributed by atoms with E-state index in [0.29, 0.717) is 6.54 Å². The number of benzene rings is 3. The first-order chi connectivity index (χ1) is 16.4. The Hall–Kier alpha value is -3.46. The average Bonchev–Trinajstić information content (AvgIpc) is 3.36. The summed E-state index contributed by atoms with van der Waals surface area (Å²) >= 11 is 6.17. The van der Waals surface area contributed by atoms with E-state index in [4.69, 9.17) is 11.6 Å². The summed E-state index contributed by atoms with van der Waals surface area (Å²) in [5, 5.41) is 7.13. The van der Waals surface area contributed by atoms with Gasteiger partial charge in [-0.1, -0.05) is 66.2 Å². The first-order valence-electron chi connectivity index (χ1n) is 10.6. The van der Waals surface area contributed by atoms with Gasteiger partial charge in [0.05, 0.1) is 11.6 Å². The molecule has 1 heterocycles.